The van der Waals surface area contributed by atoms with Crippen molar-refractivity contribution >= 4 is 45.4 Å². The van der Waals surface area contributed by atoms with Gasteiger partial charge in [-0.1, -0.05) is 48.2 Å². The van der Waals surface area contributed by atoms with Crippen molar-refractivity contribution in [1.82, 2.24) is 15.0 Å². The Bertz CT molecular complexity index is 1390. The van der Waals surface area contributed by atoms with Gasteiger partial charge in [-0.15, -0.1) is 17.9 Å². The zero-order valence-electron chi connectivity index (χ0n) is 18.4. The first kappa shape index (κ1) is 23.5. The fourth-order valence-corrected chi connectivity index (χ4v) is 5.06. The predicted octanol–water partition coefficient (Wildman–Crippen LogP) is 4.56. The number of hydrogen-bond acceptors (Lipinski definition) is 7. The van der Waals surface area contributed by atoms with E-state index in [0.717, 1.165) is 22.4 Å². The van der Waals surface area contributed by atoms with Gasteiger partial charge in [-0.25, -0.2) is 10.4 Å². The van der Waals surface area contributed by atoms with Crippen molar-refractivity contribution in [3.05, 3.63) is 88.5 Å². The Morgan fingerprint density at radius 3 is 2.71 bits per heavy atom. The zero-order chi connectivity index (χ0) is 23.9. The van der Waals surface area contributed by atoms with Crippen LogP contribution in [-0.4, -0.2) is 34.5 Å². The Hall–Kier alpha value is -3.69. The molecule has 0 bridgehead atoms. The standard InChI is InChI=1S/C25H22N4O3S2/c1-3-13-29-24(31)22-20(18-7-5-4-6-8-18)15-33-23(22)27-25(29)34-16-21(30)28-26-14-17-9-11-19(32-2)12-10-17/h3-12,14-15H,1,13,16H2,2H3,(H,28,30)/b26-14+. The number of fused-ring (bicyclic) bond motifs is 1. The van der Waals surface area contributed by atoms with E-state index in [-0.39, 0.29) is 17.2 Å². The molecule has 0 unspecified atom stereocenters. The predicted molar refractivity (Wildman–Crippen MR) is 139 cm³/mol. The maximum absolute atomic E-state index is 13.3. The second-order valence-electron chi connectivity index (χ2n) is 7.15. The number of carbonyl (C=O) groups is 1. The number of aromatic nitrogens is 2. The molecule has 0 aliphatic rings. The Morgan fingerprint density at radius 2 is 2.00 bits per heavy atom. The molecule has 9 heteroatoms. The third-order valence-electron chi connectivity index (χ3n) is 4.91. The minimum atomic E-state index is -0.301. The molecule has 2 aromatic carbocycles. The van der Waals surface area contributed by atoms with Crippen molar-refractivity contribution in [2.45, 2.75) is 11.7 Å². The summed E-state index contributed by atoms with van der Waals surface area (Å²) in [7, 11) is 1.60. The van der Waals surface area contributed by atoms with E-state index in [4.69, 9.17) is 4.74 Å². The van der Waals surface area contributed by atoms with E-state index < -0.39 is 0 Å². The molecule has 172 valence electrons. The van der Waals surface area contributed by atoms with Crippen molar-refractivity contribution in [3.63, 3.8) is 0 Å². The lowest BCUT2D eigenvalue weighted by Gasteiger charge is -2.10. The molecule has 2 aromatic heterocycles. The minimum absolute atomic E-state index is 0.0615. The smallest absolute Gasteiger partial charge is 0.263 e. The first-order valence-electron chi connectivity index (χ1n) is 10.4. The molecule has 4 aromatic rings. The van der Waals surface area contributed by atoms with Gasteiger partial charge in [0.25, 0.3) is 11.5 Å². The van der Waals surface area contributed by atoms with Gasteiger partial charge in [0.05, 0.1) is 24.5 Å². The quantitative estimate of drug-likeness (QED) is 0.122. The molecular formula is C25H22N4O3S2. The SMILES string of the molecule is C=CCn1c(SCC(=O)N/N=C/c2ccc(OC)cc2)nc2scc(-c3ccccc3)c2c1=O. The highest BCUT2D eigenvalue weighted by atomic mass is 32.2. The molecule has 0 fully saturated rings. The molecule has 0 atom stereocenters. The maximum atomic E-state index is 13.3. The van der Waals surface area contributed by atoms with Crippen LogP contribution < -0.4 is 15.7 Å². The summed E-state index contributed by atoms with van der Waals surface area (Å²) in [6, 6.07) is 17.1. The fourth-order valence-electron chi connectivity index (χ4n) is 3.27. The van der Waals surface area contributed by atoms with Gasteiger partial charge < -0.3 is 4.74 Å². The number of hydrazone groups is 1. The number of ether oxygens (including phenoxy) is 1. The van der Waals surface area contributed by atoms with Crippen LogP contribution in [0.1, 0.15) is 5.56 Å². The highest BCUT2D eigenvalue weighted by molar-refractivity contribution is 7.99. The van der Waals surface area contributed by atoms with Crippen LogP contribution in [0.2, 0.25) is 0 Å². The molecule has 2 heterocycles. The van der Waals surface area contributed by atoms with Gasteiger partial charge in [0.15, 0.2) is 5.16 Å². The van der Waals surface area contributed by atoms with E-state index in [0.29, 0.717) is 21.9 Å². The molecule has 0 spiro atoms. The lowest BCUT2D eigenvalue weighted by molar-refractivity contribution is -0.118. The summed E-state index contributed by atoms with van der Waals surface area (Å²) < 4.78 is 6.67. The summed E-state index contributed by atoms with van der Waals surface area (Å²) in [6.07, 6.45) is 3.20. The van der Waals surface area contributed by atoms with E-state index in [1.807, 2.05) is 60.0 Å². The van der Waals surface area contributed by atoms with Crippen molar-refractivity contribution in [1.29, 1.82) is 0 Å². The first-order valence-corrected chi connectivity index (χ1v) is 12.2. The number of rotatable bonds is 9. The number of thioether (sulfide) groups is 1. The molecule has 4 rings (SSSR count). The lowest BCUT2D eigenvalue weighted by Crippen LogP contribution is -2.24. The molecular weight excluding hydrogens is 468 g/mol. The summed E-state index contributed by atoms with van der Waals surface area (Å²) in [5.41, 5.74) is 5.01. The summed E-state index contributed by atoms with van der Waals surface area (Å²) in [5, 5.41) is 6.98. The van der Waals surface area contributed by atoms with Crippen LogP contribution in [0.5, 0.6) is 5.75 Å². The molecule has 1 N–H and O–H groups in total. The van der Waals surface area contributed by atoms with Crippen LogP contribution in [0.3, 0.4) is 0 Å². The molecule has 34 heavy (non-hydrogen) atoms. The second kappa shape index (κ2) is 11.0. The molecule has 0 radical (unpaired) electrons. The fraction of sp³-hybridized carbons (Fsp3) is 0.120. The topological polar surface area (TPSA) is 85.6 Å². The maximum Gasteiger partial charge on any atom is 0.263 e. The normalized spacial score (nSPS) is 11.1. The Morgan fingerprint density at radius 1 is 1.24 bits per heavy atom. The number of benzene rings is 2. The molecule has 0 aliphatic heterocycles. The van der Waals surface area contributed by atoms with E-state index in [9.17, 15) is 9.59 Å². The van der Waals surface area contributed by atoms with Crippen molar-refractivity contribution in [3.8, 4) is 16.9 Å². The second-order valence-corrected chi connectivity index (χ2v) is 8.95. The van der Waals surface area contributed by atoms with E-state index >= 15 is 0 Å². The summed E-state index contributed by atoms with van der Waals surface area (Å²) in [5.74, 6) is 0.506. The van der Waals surface area contributed by atoms with Crippen LogP contribution in [0, 0.1) is 0 Å². The largest absolute Gasteiger partial charge is 0.497 e. The van der Waals surface area contributed by atoms with Gasteiger partial charge in [-0.05, 0) is 35.4 Å². The van der Waals surface area contributed by atoms with Crippen LogP contribution in [-0.2, 0) is 11.3 Å². The molecule has 0 aliphatic carbocycles. The van der Waals surface area contributed by atoms with Gasteiger partial charge >= 0.3 is 0 Å². The third kappa shape index (κ3) is 5.27. The van der Waals surface area contributed by atoms with E-state index in [2.05, 4.69) is 22.1 Å². The van der Waals surface area contributed by atoms with Crippen molar-refractivity contribution in [2.24, 2.45) is 5.10 Å². The number of allylic oxidation sites excluding steroid dienone is 1. The highest BCUT2D eigenvalue weighted by Crippen LogP contribution is 2.32. The average Bonchev–Trinajstić information content (AvgIpc) is 3.30. The van der Waals surface area contributed by atoms with Crippen LogP contribution in [0.4, 0.5) is 0 Å². The van der Waals surface area contributed by atoms with Crippen LogP contribution >= 0.6 is 23.1 Å². The number of methoxy groups -OCH3 is 1. The Balaban J connectivity index is 1.50. The molecule has 0 saturated carbocycles. The number of amides is 1. The Kier molecular flexibility index (Phi) is 7.56. The minimum Gasteiger partial charge on any atom is -0.497 e. The lowest BCUT2D eigenvalue weighted by atomic mass is 10.1. The van der Waals surface area contributed by atoms with Crippen molar-refractivity contribution < 1.29 is 9.53 Å². The van der Waals surface area contributed by atoms with Gasteiger partial charge in [0.2, 0.25) is 0 Å². The number of hydrogen-bond donors (Lipinski definition) is 1. The van der Waals surface area contributed by atoms with Crippen molar-refractivity contribution in [2.75, 3.05) is 12.9 Å². The highest BCUT2D eigenvalue weighted by Gasteiger charge is 2.17. The Labute approximate surface area is 204 Å². The number of thiophene rings is 1. The average molecular weight is 491 g/mol. The number of nitrogens with one attached hydrogen (secondary N) is 1. The van der Waals surface area contributed by atoms with Gasteiger partial charge in [-0.2, -0.15) is 5.10 Å². The van der Waals surface area contributed by atoms with Crippen LogP contribution in [0.25, 0.3) is 21.3 Å². The summed E-state index contributed by atoms with van der Waals surface area (Å²) in [4.78, 5) is 31.0. The molecule has 1 amide bonds. The van der Waals surface area contributed by atoms with Crippen LogP contribution in [0.15, 0.2) is 87.7 Å². The molecule has 0 saturated heterocycles. The number of nitrogens with zero attached hydrogens (tertiary/aromatic N) is 3. The molecule has 7 nitrogen and oxygen atoms in total. The first-order chi connectivity index (χ1) is 16.6. The third-order valence-corrected chi connectivity index (χ3v) is 6.75. The van der Waals surface area contributed by atoms with Gasteiger partial charge in [0, 0.05) is 17.5 Å². The van der Waals surface area contributed by atoms with Gasteiger partial charge in [-0.3, -0.25) is 14.2 Å². The van der Waals surface area contributed by atoms with E-state index in [1.54, 1.807) is 24.0 Å². The number of carbonyl (C=O) groups excluding carboxylic acids is 1. The van der Waals surface area contributed by atoms with Gasteiger partial charge in [0.1, 0.15) is 10.6 Å². The summed E-state index contributed by atoms with van der Waals surface area (Å²) >= 11 is 2.60. The monoisotopic (exact) mass is 490 g/mol. The zero-order valence-corrected chi connectivity index (χ0v) is 20.1. The van der Waals surface area contributed by atoms with E-state index in [1.165, 1.54) is 23.1 Å². The summed E-state index contributed by atoms with van der Waals surface area (Å²) in [6.45, 7) is 4.06.